The summed E-state index contributed by atoms with van der Waals surface area (Å²) in [7, 11) is 0. The number of rotatable bonds is 9. The average Bonchev–Trinajstić information content (AvgIpc) is 3.22. The summed E-state index contributed by atoms with van der Waals surface area (Å²) in [5.41, 5.74) is 1.20. The minimum absolute atomic E-state index is 0.541. The molecule has 0 atom stereocenters. The van der Waals surface area contributed by atoms with Gasteiger partial charge in [-0.05, 0) is 37.0 Å². The molecule has 0 amide bonds. The summed E-state index contributed by atoms with van der Waals surface area (Å²) in [4.78, 5) is 0. The smallest absolute Gasteiger partial charge is 0.138 e. The molecule has 0 unspecified atom stereocenters. The highest BCUT2D eigenvalue weighted by molar-refractivity contribution is 6.32. The Kier molecular flexibility index (Phi) is 5.95. The van der Waals surface area contributed by atoms with Gasteiger partial charge >= 0.3 is 0 Å². The highest BCUT2D eigenvalue weighted by Crippen LogP contribution is 2.26. The predicted octanol–water partition coefficient (Wildman–Crippen LogP) is 3.40. The van der Waals surface area contributed by atoms with Crippen LogP contribution in [0.3, 0.4) is 0 Å². The normalized spacial score (nSPS) is 14.6. The van der Waals surface area contributed by atoms with Gasteiger partial charge in [0, 0.05) is 19.2 Å². The Morgan fingerprint density at radius 2 is 2.11 bits per heavy atom. The molecule has 106 valence electrons. The van der Waals surface area contributed by atoms with Crippen LogP contribution in [0.25, 0.3) is 0 Å². The predicted molar refractivity (Wildman–Crippen MR) is 77.9 cm³/mol. The highest BCUT2D eigenvalue weighted by atomic mass is 35.5. The van der Waals surface area contributed by atoms with Crippen molar-refractivity contribution in [3.05, 3.63) is 28.8 Å². The second kappa shape index (κ2) is 7.73. The topological polar surface area (TPSA) is 30.5 Å². The Morgan fingerprint density at radius 1 is 1.26 bits per heavy atom. The lowest BCUT2D eigenvalue weighted by molar-refractivity contribution is 0.101. The van der Waals surface area contributed by atoms with Crippen molar-refractivity contribution in [2.75, 3.05) is 19.8 Å². The molecule has 1 aromatic rings. The highest BCUT2D eigenvalue weighted by Gasteiger charge is 2.19. The molecular formula is C15H22ClNO2. The largest absolute Gasteiger partial charge is 0.490 e. The van der Waals surface area contributed by atoms with E-state index >= 15 is 0 Å². The number of hydrogen-bond donors (Lipinski definition) is 1. The molecule has 1 N–H and O–H groups in total. The lowest BCUT2D eigenvalue weighted by Crippen LogP contribution is -2.15. The van der Waals surface area contributed by atoms with Crippen LogP contribution in [0.5, 0.6) is 5.75 Å². The molecule has 0 saturated heterocycles. The summed E-state index contributed by atoms with van der Waals surface area (Å²) < 4.78 is 11.0. The molecule has 1 aromatic carbocycles. The van der Waals surface area contributed by atoms with Gasteiger partial charge in [-0.3, -0.25) is 0 Å². The Hall–Kier alpha value is -0.770. The Morgan fingerprint density at radius 3 is 2.79 bits per heavy atom. The van der Waals surface area contributed by atoms with Crippen LogP contribution < -0.4 is 10.1 Å². The van der Waals surface area contributed by atoms with E-state index in [0.717, 1.165) is 25.3 Å². The van der Waals surface area contributed by atoms with E-state index in [-0.39, 0.29) is 0 Å². The quantitative estimate of drug-likeness (QED) is 0.705. The third-order valence-electron chi connectivity index (χ3n) is 3.00. The second-order valence-electron chi connectivity index (χ2n) is 4.88. The van der Waals surface area contributed by atoms with E-state index < -0.39 is 0 Å². The van der Waals surface area contributed by atoms with Gasteiger partial charge in [0.05, 0.1) is 11.6 Å². The molecule has 0 aliphatic heterocycles. The molecule has 1 aliphatic rings. The van der Waals surface area contributed by atoms with E-state index in [4.69, 9.17) is 21.1 Å². The van der Waals surface area contributed by atoms with Gasteiger partial charge in [-0.2, -0.15) is 0 Å². The maximum Gasteiger partial charge on any atom is 0.138 e. The maximum atomic E-state index is 6.21. The number of halogens is 1. The zero-order chi connectivity index (χ0) is 13.5. The summed E-state index contributed by atoms with van der Waals surface area (Å²) in [6, 6.07) is 6.68. The van der Waals surface area contributed by atoms with Crippen molar-refractivity contribution in [1.29, 1.82) is 0 Å². The first-order valence-electron chi connectivity index (χ1n) is 7.02. The first kappa shape index (κ1) is 14.6. The lowest BCUT2D eigenvalue weighted by Gasteiger charge is -2.10. The summed E-state index contributed by atoms with van der Waals surface area (Å²) in [5.74, 6) is 0.733. The van der Waals surface area contributed by atoms with Crippen molar-refractivity contribution in [3.8, 4) is 5.75 Å². The van der Waals surface area contributed by atoms with E-state index in [1.54, 1.807) is 0 Å². The van der Waals surface area contributed by atoms with Crippen LogP contribution in [-0.4, -0.2) is 25.9 Å². The molecule has 4 heteroatoms. The first-order chi connectivity index (χ1) is 9.29. The number of hydrogen-bond acceptors (Lipinski definition) is 3. The van der Waals surface area contributed by atoms with Crippen molar-refractivity contribution in [2.24, 2.45) is 0 Å². The van der Waals surface area contributed by atoms with Gasteiger partial charge in [0.1, 0.15) is 12.4 Å². The van der Waals surface area contributed by atoms with Crippen LogP contribution in [0.1, 0.15) is 31.7 Å². The fourth-order valence-corrected chi connectivity index (χ4v) is 2.04. The lowest BCUT2D eigenvalue weighted by atomic mass is 10.2. The molecule has 1 fully saturated rings. The van der Waals surface area contributed by atoms with Gasteiger partial charge in [0.2, 0.25) is 0 Å². The van der Waals surface area contributed by atoms with Crippen LogP contribution in [0.4, 0.5) is 0 Å². The van der Waals surface area contributed by atoms with E-state index in [1.807, 2.05) is 12.1 Å². The molecule has 2 rings (SSSR count). The Bertz CT molecular complexity index is 394. The van der Waals surface area contributed by atoms with Crippen LogP contribution in [0, 0.1) is 0 Å². The van der Waals surface area contributed by atoms with Gasteiger partial charge < -0.3 is 14.8 Å². The molecule has 0 heterocycles. The van der Waals surface area contributed by atoms with E-state index in [9.17, 15) is 0 Å². The van der Waals surface area contributed by atoms with Crippen molar-refractivity contribution in [2.45, 2.75) is 38.8 Å². The van der Waals surface area contributed by atoms with Gasteiger partial charge in [-0.25, -0.2) is 0 Å². The van der Waals surface area contributed by atoms with Gasteiger partial charge in [-0.15, -0.1) is 0 Å². The third-order valence-corrected chi connectivity index (χ3v) is 3.30. The Balaban J connectivity index is 1.73. The van der Waals surface area contributed by atoms with Crippen molar-refractivity contribution < 1.29 is 9.47 Å². The van der Waals surface area contributed by atoms with Crippen LogP contribution >= 0.6 is 11.6 Å². The molecule has 0 aromatic heterocycles. The number of ether oxygens (including phenoxy) is 2. The van der Waals surface area contributed by atoms with Crippen molar-refractivity contribution >= 4 is 11.6 Å². The SMILES string of the molecule is CCCOCCOc1ccc(CNC2CC2)cc1Cl. The second-order valence-corrected chi connectivity index (χ2v) is 5.29. The minimum atomic E-state index is 0.541. The third kappa shape index (κ3) is 5.39. The van der Waals surface area contributed by atoms with Crippen LogP contribution in [0.2, 0.25) is 5.02 Å². The maximum absolute atomic E-state index is 6.21. The van der Waals surface area contributed by atoms with E-state index in [2.05, 4.69) is 18.3 Å². The summed E-state index contributed by atoms with van der Waals surface area (Å²) in [6.07, 6.45) is 3.63. The zero-order valence-corrected chi connectivity index (χ0v) is 12.2. The van der Waals surface area contributed by atoms with E-state index in [1.165, 1.54) is 18.4 Å². The van der Waals surface area contributed by atoms with E-state index in [0.29, 0.717) is 24.3 Å². The van der Waals surface area contributed by atoms with Gasteiger partial charge in [0.25, 0.3) is 0 Å². The molecule has 1 saturated carbocycles. The fourth-order valence-electron chi connectivity index (χ4n) is 1.78. The first-order valence-corrected chi connectivity index (χ1v) is 7.39. The molecule has 19 heavy (non-hydrogen) atoms. The summed E-state index contributed by atoms with van der Waals surface area (Å²) >= 11 is 6.21. The zero-order valence-electron chi connectivity index (χ0n) is 11.5. The molecule has 3 nitrogen and oxygen atoms in total. The van der Waals surface area contributed by atoms with Gasteiger partial charge in [-0.1, -0.05) is 24.6 Å². The standard InChI is InChI=1S/C15H22ClNO2/c1-2-7-18-8-9-19-15-6-3-12(10-14(15)16)11-17-13-4-5-13/h3,6,10,13,17H,2,4-5,7-9,11H2,1H3. The molecule has 0 spiro atoms. The van der Waals surface area contributed by atoms with Crippen LogP contribution in [0.15, 0.2) is 18.2 Å². The van der Waals surface area contributed by atoms with Crippen molar-refractivity contribution in [1.82, 2.24) is 5.32 Å². The molecular weight excluding hydrogens is 262 g/mol. The summed E-state index contributed by atoms with van der Waals surface area (Å²) in [5, 5.41) is 4.14. The number of nitrogens with one attached hydrogen (secondary N) is 1. The molecule has 0 bridgehead atoms. The molecule has 0 radical (unpaired) electrons. The average molecular weight is 284 g/mol. The van der Waals surface area contributed by atoms with Crippen LogP contribution in [-0.2, 0) is 11.3 Å². The fraction of sp³-hybridized carbons (Fsp3) is 0.600. The van der Waals surface area contributed by atoms with Crippen molar-refractivity contribution in [3.63, 3.8) is 0 Å². The van der Waals surface area contributed by atoms with Gasteiger partial charge in [0.15, 0.2) is 0 Å². The number of benzene rings is 1. The monoisotopic (exact) mass is 283 g/mol. The Labute approximate surface area is 120 Å². The summed E-state index contributed by atoms with van der Waals surface area (Å²) in [6.45, 7) is 4.90. The minimum Gasteiger partial charge on any atom is -0.490 e. The molecule has 1 aliphatic carbocycles.